The lowest BCUT2D eigenvalue weighted by Gasteiger charge is -2.02. The first-order valence-electron chi connectivity index (χ1n) is 1.80. The average Bonchev–Trinajstić information content (AvgIpc) is 1.72. The van der Waals surface area contributed by atoms with Crippen LogP contribution in [0.2, 0.25) is 0 Å². The summed E-state index contributed by atoms with van der Waals surface area (Å²) in [5.41, 5.74) is 0. The van der Waals surface area contributed by atoms with Crippen molar-refractivity contribution in [3.63, 3.8) is 0 Å². The first kappa shape index (κ1) is 6.62. The van der Waals surface area contributed by atoms with Crippen molar-refractivity contribution < 1.29 is 14.9 Å². The molecule has 0 aromatic heterocycles. The fourth-order valence-corrected chi connectivity index (χ4v) is 0.182. The molecule has 1 atom stereocenters. The smallest absolute Gasteiger partial charge is 0.209 e. The molecule has 0 fully saturated rings. The predicted molar refractivity (Wildman–Crippen MR) is 24.7 cm³/mol. The van der Waals surface area contributed by atoms with Gasteiger partial charge in [0.05, 0.1) is 0 Å². The summed E-state index contributed by atoms with van der Waals surface area (Å²) in [6.45, 7) is 3.29. The van der Waals surface area contributed by atoms with Crippen LogP contribution in [-0.2, 0) is 9.62 Å². The molecule has 0 saturated carbocycles. The normalized spacial score (nSPS) is 13.4. The molecule has 3 nitrogen and oxygen atoms in total. The Kier molecular flexibility index (Phi) is 3.59. The highest BCUT2D eigenvalue weighted by Crippen LogP contribution is 1.87. The highest BCUT2D eigenvalue weighted by atomic mass is 17.1. The number of hydrogen-bond donors (Lipinski definition) is 1. The Labute approximate surface area is 42.1 Å². The molecule has 0 spiro atoms. The second kappa shape index (κ2) is 3.80. The molecular weight excluding hydrogens is 96.0 g/mol. The van der Waals surface area contributed by atoms with Crippen LogP contribution in [0.15, 0.2) is 12.7 Å². The van der Waals surface area contributed by atoms with E-state index in [4.69, 9.17) is 5.26 Å². The third-order valence-corrected chi connectivity index (χ3v) is 0.529. The van der Waals surface area contributed by atoms with Crippen LogP contribution in [0.1, 0.15) is 0 Å². The van der Waals surface area contributed by atoms with Crippen molar-refractivity contribution in [1.29, 1.82) is 0 Å². The van der Waals surface area contributed by atoms with Crippen LogP contribution >= 0.6 is 0 Å². The zero-order chi connectivity index (χ0) is 5.70. The van der Waals surface area contributed by atoms with Crippen molar-refractivity contribution in [2.45, 2.75) is 6.29 Å². The van der Waals surface area contributed by atoms with Gasteiger partial charge in [-0.15, -0.1) is 0 Å². The second-order valence-corrected chi connectivity index (χ2v) is 0.945. The molecule has 0 aromatic carbocycles. The minimum Gasteiger partial charge on any atom is -0.350 e. The van der Waals surface area contributed by atoms with Gasteiger partial charge in [0.1, 0.15) is 0 Å². The molecule has 1 N–H and O–H groups in total. The number of methoxy groups -OCH3 is 1. The lowest BCUT2D eigenvalue weighted by atomic mass is 10.6. The van der Waals surface area contributed by atoms with Crippen molar-refractivity contribution >= 4 is 0 Å². The van der Waals surface area contributed by atoms with Crippen LogP contribution in [0.3, 0.4) is 0 Å². The Morgan fingerprint density at radius 1 is 1.86 bits per heavy atom. The van der Waals surface area contributed by atoms with Crippen molar-refractivity contribution in [2.24, 2.45) is 0 Å². The van der Waals surface area contributed by atoms with E-state index in [1.165, 1.54) is 13.2 Å². The molecule has 3 heteroatoms. The summed E-state index contributed by atoms with van der Waals surface area (Å²) in [6, 6.07) is 0. The highest BCUT2D eigenvalue weighted by molar-refractivity contribution is 4.69. The summed E-state index contributed by atoms with van der Waals surface area (Å²) in [5.74, 6) is 0. The molecule has 0 bridgehead atoms. The highest BCUT2D eigenvalue weighted by Gasteiger charge is 1.95. The number of ether oxygens (including phenoxy) is 1. The molecule has 0 aliphatic heterocycles. The van der Waals surface area contributed by atoms with E-state index < -0.39 is 6.29 Å². The van der Waals surface area contributed by atoms with E-state index in [0.717, 1.165) is 0 Å². The van der Waals surface area contributed by atoms with E-state index in [1.54, 1.807) is 0 Å². The quantitative estimate of drug-likeness (QED) is 0.247. The topological polar surface area (TPSA) is 38.7 Å². The van der Waals surface area contributed by atoms with E-state index in [-0.39, 0.29) is 0 Å². The van der Waals surface area contributed by atoms with Crippen LogP contribution in [0.4, 0.5) is 0 Å². The average molecular weight is 104 g/mol. The predicted octanol–water partition coefficient (Wildman–Crippen LogP) is 0.635. The van der Waals surface area contributed by atoms with Gasteiger partial charge in [0.25, 0.3) is 0 Å². The van der Waals surface area contributed by atoms with Gasteiger partial charge in [0.2, 0.25) is 6.29 Å². The molecule has 1 unspecified atom stereocenters. The third-order valence-electron chi connectivity index (χ3n) is 0.529. The summed E-state index contributed by atoms with van der Waals surface area (Å²) in [4.78, 5) is 3.71. The van der Waals surface area contributed by atoms with Crippen LogP contribution in [0.25, 0.3) is 0 Å². The van der Waals surface area contributed by atoms with Gasteiger partial charge in [-0.3, -0.25) is 0 Å². The third kappa shape index (κ3) is 2.33. The Morgan fingerprint density at radius 2 is 2.43 bits per heavy atom. The fraction of sp³-hybridized carbons (Fsp3) is 0.500. The standard InChI is InChI=1S/C4H8O3/c1-3-4(6-2)7-5/h3-5H,1H2,2H3. The zero-order valence-corrected chi connectivity index (χ0v) is 4.13. The van der Waals surface area contributed by atoms with Gasteiger partial charge in [-0.1, -0.05) is 6.58 Å². The van der Waals surface area contributed by atoms with Crippen molar-refractivity contribution in [3.8, 4) is 0 Å². The molecule has 0 saturated heterocycles. The summed E-state index contributed by atoms with van der Waals surface area (Å²) < 4.78 is 4.46. The van der Waals surface area contributed by atoms with Gasteiger partial charge in [0.15, 0.2) is 0 Å². The van der Waals surface area contributed by atoms with Gasteiger partial charge in [-0.05, 0) is 6.08 Å². The molecule has 0 aromatic rings. The van der Waals surface area contributed by atoms with E-state index >= 15 is 0 Å². The SMILES string of the molecule is C=CC(OC)OO. The molecule has 0 aliphatic carbocycles. The minimum absolute atomic E-state index is 0.694. The Balaban J connectivity index is 3.16. The summed E-state index contributed by atoms with van der Waals surface area (Å²) in [5, 5.41) is 7.83. The Bertz CT molecular complexity index is 48.9. The molecule has 0 rings (SSSR count). The van der Waals surface area contributed by atoms with E-state index in [9.17, 15) is 0 Å². The van der Waals surface area contributed by atoms with Gasteiger partial charge < -0.3 is 4.74 Å². The van der Waals surface area contributed by atoms with Crippen molar-refractivity contribution in [1.82, 2.24) is 0 Å². The Morgan fingerprint density at radius 3 is 2.43 bits per heavy atom. The molecular formula is C4H8O3. The Hall–Kier alpha value is -0.380. The number of rotatable bonds is 3. The first-order valence-corrected chi connectivity index (χ1v) is 1.80. The maximum atomic E-state index is 7.83. The summed E-state index contributed by atoms with van der Waals surface area (Å²) >= 11 is 0. The van der Waals surface area contributed by atoms with E-state index in [1.807, 2.05) is 0 Å². The van der Waals surface area contributed by atoms with Gasteiger partial charge in [-0.25, -0.2) is 10.1 Å². The summed E-state index contributed by atoms with van der Waals surface area (Å²) in [7, 11) is 1.41. The lowest BCUT2D eigenvalue weighted by Crippen LogP contribution is -2.07. The minimum atomic E-state index is -0.694. The van der Waals surface area contributed by atoms with Crippen molar-refractivity contribution in [3.05, 3.63) is 12.7 Å². The monoisotopic (exact) mass is 104 g/mol. The molecule has 0 aliphatic rings. The maximum absolute atomic E-state index is 7.83. The van der Waals surface area contributed by atoms with E-state index in [0.29, 0.717) is 0 Å². The maximum Gasteiger partial charge on any atom is 0.209 e. The van der Waals surface area contributed by atoms with Crippen LogP contribution in [-0.4, -0.2) is 18.7 Å². The molecule has 7 heavy (non-hydrogen) atoms. The van der Waals surface area contributed by atoms with Crippen molar-refractivity contribution in [2.75, 3.05) is 7.11 Å². The second-order valence-electron chi connectivity index (χ2n) is 0.945. The van der Waals surface area contributed by atoms with Gasteiger partial charge in [0, 0.05) is 7.11 Å². The molecule has 42 valence electrons. The number of hydrogen-bond acceptors (Lipinski definition) is 3. The molecule has 0 heterocycles. The van der Waals surface area contributed by atoms with E-state index in [2.05, 4.69) is 16.2 Å². The molecule has 0 amide bonds. The fourth-order valence-electron chi connectivity index (χ4n) is 0.182. The van der Waals surface area contributed by atoms with Crippen LogP contribution in [0, 0.1) is 0 Å². The van der Waals surface area contributed by atoms with Gasteiger partial charge >= 0.3 is 0 Å². The van der Waals surface area contributed by atoms with Crippen LogP contribution in [0.5, 0.6) is 0 Å². The molecule has 0 radical (unpaired) electrons. The van der Waals surface area contributed by atoms with Crippen LogP contribution < -0.4 is 0 Å². The zero-order valence-electron chi connectivity index (χ0n) is 4.13. The van der Waals surface area contributed by atoms with Gasteiger partial charge in [-0.2, -0.15) is 0 Å². The lowest BCUT2D eigenvalue weighted by molar-refractivity contribution is -0.323. The first-order chi connectivity index (χ1) is 3.35. The summed E-state index contributed by atoms with van der Waals surface area (Å²) in [6.07, 6.45) is 0.639. The largest absolute Gasteiger partial charge is 0.350 e.